The van der Waals surface area contributed by atoms with E-state index in [9.17, 15) is 5.11 Å². The topological polar surface area (TPSA) is 47.9 Å². The van der Waals surface area contributed by atoms with E-state index in [4.69, 9.17) is 14.2 Å². The van der Waals surface area contributed by atoms with Crippen LogP contribution in [0, 0.1) is 23.2 Å². The first-order valence-corrected chi connectivity index (χ1v) is 11.9. The van der Waals surface area contributed by atoms with Crippen molar-refractivity contribution >= 4 is 0 Å². The first-order chi connectivity index (χ1) is 13.9. The molecular formula is C25H38O4. The molecule has 1 heterocycles. The van der Waals surface area contributed by atoms with Crippen molar-refractivity contribution < 1.29 is 19.3 Å². The largest absolute Gasteiger partial charge is 0.385 e. The van der Waals surface area contributed by atoms with Crippen LogP contribution < -0.4 is 0 Å². The van der Waals surface area contributed by atoms with E-state index in [0.29, 0.717) is 38.1 Å². The van der Waals surface area contributed by atoms with Crippen LogP contribution in [0.5, 0.6) is 0 Å². The number of hydrogen-bond acceptors (Lipinski definition) is 4. The van der Waals surface area contributed by atoms with Gasteiger partial charge in [-0.1, -0.05) is 38.5 Å². The number of ether oxygens (including phenoxy) is 3. The lowest BCUT2D eigenvalue weighted by Crippen LogP contribution is -2.62. The van der Waals surface area contributed by atoms with Gasteiger partial charge in [0.2, 0.25) is 0 Å². The van der Waals surface area contributed by atoms with Gasteiger partial charge in [0, 0.05) is 19.4 Å². The Kier molecular flexibility index (Phi) is 5.01. The molecule has 0 aromatic carbocycles. The zero-order chi connectivity index (χ0) is 20.3. The molecule has 3 saturated carbocycles. The molecule has 5 rings (SSSR count). The van der Waals surface area contributed by atoms with Crippen LogP contribution in [-0.2, 0) is 14.2 Å². The smallest absolute Gasteiger partial charge is 0.195 e. The molecule has 29 heavy (non-hydrogen) atoms. The molecule has 0 aromatic rings. The number of aliphatic hydroxyl groups is 1. The van der Waals surface area contributed by atoms with Crippen LogP contribution in [0.2, 0.25) is 0 Å². The van der Waals surface area contributed by atoms with Crippen molar-refractivity contribution in [1.29, 1.82) is 0 Å². The Hall–Kier alpha value is -0.680. The fraction of sp³-hybridized carbons (Fsp3) is 0.840. The first-order valence-electron chi connectivity index (χ1n) is 11.9. The van der Waals surface area contributed by atoms with Gasteiger partial charge in [0.1, 0.15) is 6.10 Å². The van der Waals surface area contributed by atoms with Gasteiger partial charge in [-0.05, 0) is 67.3 Å². The molecule has 1 N–H and O–H groups in total. The van der Waals surface area contributed by atoms with Crippen LogP contribution in [-0.4, -0.2) is 42.4 Å². The molecule has 1 spiro atoms. The Morgan fingerprint density at radius 2 is 2.00 bits per heavy atom. The van der Waals surface area contributed by atoms with Crippen LogP contribution >= 0.6 is 0 Å². The van der Waals surface area contributed by atoms with Crippen molar-refractivity contribution in [3.05, 3.63) is 23.8 Å². The predicted octanol–water partition coefficient (Wildman–Crippen LogP) is 4.77. The molecule has 1 unspecified atom stereocenters. The predicted molar refractivity (Wildman–Crippen MR) is 112 cm³/mol. The van der Waals surface area contributed by atoms with Crippen LogP contribution in [0.15, 0.2) is 23.8 Å². The summed E-state index contributed by atoms with van der Waals surface area (Å²) >= 11 is 0. The number of hydrogen-bond donors (Lipinski definition) is 1. The van der Waals surface area contributed by atoms with E-state index in [2.05, 4.69) is 26.5 Å². The Balaban J connectivity index is 1.45. The van der Waals surface area contributed by atoms with Gasteiger partial charge in [0.15, 0.2) is 5.79 Å². The van der Waals surface area contributed by atoms with Crippen molar-refractivity contribution in [1.82, 2.24) is 0 Å². The summed E-state index contributed by atoms with van der Waals surface area (Å²) in [6.45, 7) is 11.0. The summed E-state index contributed by atoms with van der Waals surface area (Å²) in [5.41, 5.74) is 2.18. The fourth-order valence-electron chi connectivity index (χ4n) is 7.34. The molecule has 0 radical (unpaired) electrons. The van der Waals surface area contributed by atoms with Crippen molar-refractivity contribution in [2.24, 2.45) is 23.2 Å². The van der Waals surface area contributed by atoms with E-state index in [0.717, 1.165) is 38.5 Å². The zero-order valence-electron chi connectivity index (χ0n) is 18.3. The summed E-state index contributed by atoms with van der Waals surface area (Å²) < 4.78 is 18.7. The minimum absolute atomic E-state index is 0.190. The third-order valence-electron chi connectivity index (χ3n) is 9.13. The Bertz CT molecular complexity index is 693. The van der Waals surface area contributed by atoms with Gasteiger partial charge in [-0.2, -0.15) is 0 Å². The zero-order valence-corrected chi connectivity index (χ0v) is 18.3. The summed E-state index contributed by atoms with van der Waals surface area (Å²) in [5.74, 6) is 0.672. The highest BCUT2D eigenvalue weighted by Gasteiger charge is 2.63. The second kappa shape index (κ2) is 7.19. The first kappa shape index (κ1) is 20.2. The third-order valence-corrected chi connectivity index (χ3v) is 9.13. The van der Waals surface area contributed by atoms with Crippen molar-refractivity contribution in [3.63, 3.8) is 0 Å². The average Bonchev–Trinajstić information content (AvgIpc) is 3.28. The highest BCUT2D eigenvalue weighted by atomic mass is 16.8. The fourth-order valence-corrected chi connectivity index (χ4v) is 7.34. The lowest BCUT2D eigenvalue weighted by molar-refractivity contribution is -0.285. The molecule has 162 valence electrons. The van der Waals surface area contributed by atoms with Gasteiger partial charge in [-0.25, -0.2) is 0 Å². The van der Waals surface area contributed by atoms with Crippen molar-refractivity contribution in [3.8, 4) is 0 Å². The number of unbranched alkanes of at least 4 members (excludes halogenated alkanes) is 1. The summed E-state index contributed by atoms with van der Waals surface area (Å²) in [6, 6.07) is 0. The maximum Gasteiger partial charge on any atom is 0.195 e. The highest BCUT2D eigenvalue weighted by Crippen LogP contribution is 2.63. The lowest BCUT2D eigenvalue weighted by Gasteiger charge is -2.58. The van der Waals surface area contributed by atoms with Crippen molar-refractivity contribution in [2.75, 3.05) is 19.8 Å². The lowest BCUT2D eigenvalue weighted by atomic mass is 9.52. The van der Waals surface area contributed by atoms with Crippen LogP contribution in [0.4, 0.5) is 0 Å². The standard InChI is InChI=1S/C25H38O4/c1-4-5-12-27-22-16-24(26)18(15-25(22)28-13-14-29-25)7-8-19-20-9-6-17(2)23(20,3)11-10-21(19)24/h10,18-20,22,26H,2,4-9,11-16H2,1,3H3/t18-,19-,20-,22?,23+,24-/m0/s1. The van der Waals surface area contributed by atoms with Gasteiger partial charge in [-0.3, -0.25) is 0 Å². The molecule has 4 heteroatoms. The normalized spacial score (nSPS) is 45.6. The van der Waals surface area contributed by atoms with Gasteiger partial charge < -0.3 is 19.3 Å². The maximum atomic E-state index is 12.1. The second-order valence-corrected chi connectivity index (χ2v) is 10.5. The SMILES string of the molecule is C=C1CC[C@H]2[C@@H]3CC[C@H]4CC5(OCCO5)C(OCCCC)C[C@@]4(O)C3=CC[C@]12C. The van der Waals surface area contributed by atoms with E-state index >= 15 is 0 Å². The molecular weight excluding hydrogens is 364 g/mol. The second-order valence-electron chi connectivity index (χ2n) is 10.5. The molecule has 4 fully saturated rings. The molecule has 0 amide bonds. The summed E-state index contributed by atoms with van der Waals surface area (Å²) in [5, 5.41) is 12.1. The van der Waals surface area contributed by atoms with Crippen molar-refractivity contribution in [2.45, 2.75) is 89.1 Å². The van der Waals surface area contributed by atoms with E-state index in [1.165, 1.54) is 24.0 Å². The average molecular weight is 403 g/mol. The molecule has 4 aliphatic carbocycles. The Morgan fingerprint density at radius 3 is 2.76 bits per heavy atom. The molecule has 0 aromatic heterocycles. The molecule has 1 aliphatic heterocycles. The van der Waals surface area contributed by atoms with E-state index in [1.54, 1.807) is 0 Å². The quantitative estimate of drug-likeness (QED) is 0.544. The van der Waals surface area contributed by atoms with E-state index < -0.39 is 11.4 Å². The monoisotopic (exact) mass is 402 g/mol. The van der Waals surface area contributed by atoms with Crippen LogP contribution in [0.25, 0.3) is 0 Å². The molecule has 5 aliphatic rings. The van der Waals surface area contributed by atoms with E-state index in [1.807, 2.05) is 0 Å². The number of rotatable bonds is 4. The van der Waals surface area contributed by atoms with Crippen LogP contribution in [0.3, 0.4) is 0 Å². The summed E-state index contributed by atoms with van der Waals surface area (Å²) in [7, 11) is 0. The molecule has 4 nitrogen and oxygen atoms in total. The Labute approximate surface area is 175 Å². The minimum Gasteiger partial charge on any atom is -0.385 e. The number of fused-ring (bicyclic) bond motifs is 5. The Morgan fingerprint density at radius 1 is 1.21 bits per heavy atom. The third kappa shape index (κ3) is 2.93. The highest BCUT2D eigenvalue weighted by molar-refractivity contribution is 5.35. The molecule has 1 saturated heterocycles. The maximum absolute atomic E-state index is 12.1. The molecule has 6 atom stereocenters. The molecule has 0 bridgehead atoms. The van der Waals surface area contributed by atoms with Gasteiger partial charge in [0.05, 0.1) is 18.8 Å². The summed E-state index contributed by atoms with van der Waals surface area (Å²) in [4.78, 5) is 0. The van der Waals surface area contributed by atoms with Crippen LogP contribution in [0.1, 0.15) is 71.6 Å². The van der Waals surface area contributed by atoms with E-state index in [-0.39, 0.29) is 17.4 Å². The van der Waals surface area contributed by atoms with Gasteiger partial charge >= 0.3 is 0 Å². The summed E-state index contributed by atoms with van der Waals surface area (Å²) in [6.07, 6.45) is 11.3. The van der Waals surface area contributed by atoms with Gasteiger partial charge in [-0.15, -0.1) is 0 Å². The van der Waals surface area contributed by atoms with Gasteiger partial charge in [0.25, 0.3) is 0 Å². The number of allylic oxidation sites excluding steroid dienone is 2. The minimum atomic E-state index is -0.772.